The molecule has 0 aliphatic heterocycles. The summed E-state index contributed by atoms with van der Waals surface area (Å²) in [6, 6.07) is 9.69. The Bertz CT molecular complexity index is 1080. The molecule has 0 saturated heterocycles. The molecule has 2 aromatic carbocycles. The minimum absolute atomic E-state index is 0.0325. The van der Waals surface area contributed by atoms with E-state index in [1.54, 1.807) is 17.0 Å². The molecule has 1 atom stereocenters. The summed E-state index contributed by atoms with van der Waals surface area (Å²) < 4.78 is 69.4. The van der Waals surface area contributed by atoms with Crippen molar-refractivity contribution in [1.29, 1.82) is 0 Å². The lowest BCUT2D eigenvalue weighted by molar-refractivity contribution is -0.138. The number of unbranched alkanes of at least 4 members (excludes halogenated alkanes) is 1. The van der Waals surface area contributed by atoms with E-state index in [9.17, 15) is 26.4 Å². The van der Waals surface area contributed by atoms with Crippen molar-refractivity contribution >= 4 is 16.0 Å². The molecule has 5 nitrogen and oxygen atoms in total. The first-order valence-electron chi connectivity index (χ1n) is 11.9. The van der Waals surface area contributed by atoms with Crippen molar-refractivity contribution in [2.75, 3.05) is 6.54 Å². The highest BCUT2D eigenvalue weighted by molar-refractivity contribution is 7.87. The minimum atomic E-state index is -4.68. The van der Waals surface area contributed by atoms with Gasteiger partial charge in [-0.2, -0.15) is 21.6 Å². The molecule has 0 aliphatic carbocycles. The second-order valence-electron chi connectivity index (χ2n) is 9.07. The number of halogens is 3. The van der Waals surface area contributed by atoms with Crippen LogP contribution in [0.15, 0.2) is 53.4 Å². The molecule has 35 heavy (non-hydrogen) atoms. The van der Waals surface area contributed by atoms with Crippen LogP contribution in [0.25, 0.3) is 0 Å². The van der Waals surface area contributed by atoms with E-state index >= 15 is 0 Å². The van der Waals surface area contributed by atoms with Gasteiger partial charge in [0.2, 0.25) is 5.91 Å². The van der Waals surface area contributed by atoms with Gasteiger partial charge >= 0.3 is 16.3 Å². The van der Waals surface area contributed by atoms with E-state index in [2.05, 4.69) is 6.92 Å². The Balaban J connectivity index is 2.25. The van der Waals surface area contributed by atoms with E-state index in [0.29, 0.717) is 18.2 Å². The molecular weight excluding hydrogens is 479 g/mol. The summed E-state index contributed by atoms with van der Waals surface area (Å²) >= 11 is 0. The molecule has 0 fully saturated rings. The summed E-state index contributed by atoms with van der Waals surface area (Å²) in [7, 11) is -4.48. The molecule has 0 radical (unpaired) electrons. The fourth-order valence-corrected chi connectivity index (χ4v) is 4.77. The summed E-state index contributed by atoms with van der Waals surface area (Å²) in [6.45, 7) is 8.96. The Morgan fingerprint density at radius 1 is 1.06 bits per heavy atom. The molecule has 0 aliphatic rings. The van der Waals surface area contributed by atoms with Gasteiger partial charge < -0.3 is 9.08 Å². The van der Waals surface area contributed by atoms with E-state index in [1.807, 2.05) is 20.8 Å². The van der Waals surface area contributed by atoms with Crippen LogP contribution in [0.2, 0.25) is 0 Å². The summed E-state index contributed by atoms with van der Waals surface area (Å²) in [5.41, 5.74) is -0.409. The summed E-state index contributed by atoms with van der Waals surface area (Å²) in [4.78, 5) is 14.4. The van der Waals surface area contributed by atoms with Crippen LogP contribution >= 0.6 is 0 Å². The zero-order valence-electron chi connectivity index (χ0n) is 20.6. The average Bonchev–Trinajstić information content (AvgIpc) is 2.78. The standard InChI is InChI=1S/C26H34F3NO4S/c1-5-7-11-21(6-2)25(31)30(17-19(3)4)18-20-10-8-13-23(15-20)34-35(32,33)24-14-9-12-22(16-24)26(27,28)29/h8-10,12-16,19,21H,5-7,11,17-18H2,1-4H3. The van der Waals surface area contributed by atoms with Gasteiger partial charge in [0.25, 0.3) is 0 Å². The summed E-state index contributed by atoms with van der Waals surface area (Å²) in [5, 5.41) is 0. The van der Waals surface area contributed by atoms with Crippen molar-refractivity contribution < 1.29 is 30.6 Å². The molecule has 0 spiro atoms. The Labute approximate surface area is 206 Å². The number of alkyl halides is 3. The third-order valence-electron chi connectivity index (χ3n) is 5.57. The van der Waals surface area contributed by atoms with E-state index in [0.717, 1.165) is 43.9 Å². The molecule has 0 aromatic heterocycles. The SMILES string of the molecule is CCCCC(CC)C(=O)N(Cc1cccc(OS(=O)(=O)c2cccc(C(F)(F)F)c2)c1)CC(C)C. The number of amides is 1. The molecule has 0 saturated carbocycles. The largest absolute Gasteiger partial charge is 0.416 e. The number of nitrogens with zero attached hydrogens (tertiary/aromatic N) is 1. The van der Waals surface area contributed by atoms with Crippen molar-refractivity contribution in [1.82, 2.24) is 4.90 Å². The van der Waals surface area contributed by atoms with E-state index in [-0.39, 0.29) is 30.0 Å². The maximum atomic E-state index is 13.2. The molecule has 1 unspecified atom stereocenters. The van der Waals surface area contributed by atoms with Gasteiger partial charge in [-0.3, -0.25) is 4.79 Å². The van der Waals surface area contributed by atoms with Crippen LogP contribution < -0.4 is 4.18 Å². The predicted octanol–water partition coefficient (Wildman–Crippen LogP) is 6.67. The maximum Gasteiger partial charge on any atom is 0.416 e. The van der Waals surface area contributed by atoms with Gasteiger partial charge in [-0.25, -0.2) is 0 Å². The van der Waals surface area contributed by atoms with Gasteiger partial charge in [0.15, 0.2) is 0 Å². The Hall–Kier alpha value is -2.55. The molecule has 2 rings (SSSR count). The molecule has 194 valence electrons. The summed E-state index contributed by atoms with van der Waals surface area (Å²) in [6.07, 6.45) is -1.14. The van der Waals surface area contributed by atoms with Crippen LogP contribution in [0.5, 0.6) is 5.75 Å². The number of hydrogen-bond acceptors (Lipinski definition) is 4. The number of carbonyl (C=O) groups is 1. The van der Waals surface area contributed by atoms with Gasteiger partial charge in [-0.05, 0) is 54.7 Å². The van der Waals surface area contributed by atoms with Crippen molar-refractivity contribution in [3.63, 3.8) is 0 Å². The van der Waals surface area contributed by atoms with E-state index in [4.69, 9.17) is 4.18 Å². The van der Waals surface area contributed by atoms with Crippen LogP contribution in [0.3, 0.4) is 0 Å². The topological polar surface area (TPSA) is 63.7 Å². The van der Waals surface area contributed by atoms with Crippen molar-refractivity contribution in [2.24, 2.45) is 11.8 Å². The number of rotatable bonds is 12. The number of carbonyl (C=O) groups excluding carboxylic acids is 1. The molecule has 0 bridgehead atoms. The molecule has 0 N–H and O–H groups in total. The Kier molecular flexibility index (Phi) is 10.2. The summed E-state index contributed by atoms with van der Waals surface area (Å²) in [5.74, 6) is 0.199. The monoisotopic (exact) mass is 513 g/mol. The smallest absolute Gasteiger partial charge is 0.379 e. The third kappa shape index (κ3) is 8.56. The zero-order chi connectivity index (χ0) is 26.2. The Morgan fingerprint density at radius 2 is 1.74 bits per heavy atom. The minimum Gasteiger partial charge on any atom is -0.379 e. The van der Waals surface area contributed by atoms with Crippen molar-refractivity contribution in [3.8, 4) is 5.75 Å². The molecular formula is C26H34F3NO4S. The number of hydrogen-bond donors (Lipinski definition) is 0. The first-order valence-corrected chi connectivity index (χ1v) is 13.3. The highest BCUT2D eigenvalue weighted by atomic mass is 32.2. The van der Waals surface area contributed by atoms with Crippen LogP contribution in [-0.2, 0) is 27.6 Å². The van der Waals surface area contributed by atoms with Gasteiger partial charge in [-0.1, -0.05) is 58.7 Å². The highest BCUT2D eigenvalue weighted by Crippen LogP contribution is 2.31. The van der Waals surface area contributed by atoms with Gasteiger partial charge in [0.05, 0.1) is 5.56 Å². The van der Waals surface area contributed by atoms with Gasteiger partial charge in [0.1, 0.15) is 10.6 Å². The predicted molar refractivity (Wildman–Crippen MR) is 129 cm³/mol. The average molecular weight is 514 g/mol. The lowest BCUT2D eigenvalue weighted by Gasteiger charge is -2.29. The second-order valence-corrected chi connectivity index (χ2v) is 10.6. The molecule has 1 amide bonds. The molecule has 9 heteroatoms. The van der Waals surface area contributed by atoms with Crippen molar-refractivity contribution in [3.05, 3.63) is 59.7 Å². The lowest BCUT2D eigenvalue weighted by atomic mass is 9.97. The third-order valence-corrected chi connectivity index (χ3v) is 6.82. The normalized spacial score (nSPS) is 13.0. The Morgan fingerprint density at radius 3 is 2.34 bits per heavy atom. The van der Waals surface area contributed by atoms with Gasteiger partial charge in [-0.15, -0.1) is 0 Å². The van der Waals surface area contributed by atoms with E-state index in [1.165, 1.54) is 12.1 Å². The number of benzene rings is 2. The fourth-order valence-electron chi connectivity index (χ4n) is 3.80. The van der Waals surface area contributed by atoms with Crippen LogP contribution in [0.4, 0.5) is 13.2 Å². The molecule has 2 aromatic rings. The fraction of sp³-hybridized carbons (Fsp3) is 0.500. The second kappa shape index (κ2) is 12.4. The quantitative estimate of drug-likeness (QED) is 0.297. The zero-order valence-corrected chi connectivity index (χ0v) is 21.5. The maximum absolute atomic E-state index is 13.2. The highest BCUT2D eigenvalue weighted by Gasteiger charge is 2.32. The first-order chi connectivity index (χ1) is 16.4. The first kappa shape index (κ1) is 28.7. The van der Waals surface area contributed by atoms with Crippen LogP contribution in [0.1, 0.15) is 64.5 Å². The van der Waals surface area contributed by atoms with Gasteiger partial charge in [0, 0.05) is 19.0 Å². The van der Waals surface area contributed by atoms with Crippen LogP contribution in [-0.4, -0.2) is 25.8 Å². The lowest BCUT2D eigenvalue weighted by Crippen LogP contribution is -2.38. The van der Waals surface area contributed by atoms with Crippen LogP contribution in [0, 0.1) is 11.8 Å². The van der Waals surface area contributed by atoms with Crippen molar-refractivity contribution in [2.45, 2.75) is 71.0 Å². The molecule has 0 heterocycles. The van der Waals surface area contributed by atoms with E-state index < -0.39 is 26.8 Å².